The Labute approximate surface area is 148 Å². The van der Waals surface area contributed by atoms with Crippen LogP contribution in [0.2, 0.25) is 5.02 Å². The Bertz CT molecular complexity index is 989. The molecule has 0 radical (unpaired) electrons. The molecule has 0 unspecified atom stereocenters. The molecule has 3 rings (SSSR count). The van der Waals surface area contributed by atoms with Crippen molar-refractivity contribution in [3.63, 3.8) is 0 Å². The summed E-state index contributed by atoms with van der Waals surface area (Å²) < 4.78 is 10.5. The quantitative estimate of drug-likeness (QED) is 0.569. The number of fused-ring (bicyclic) bond motifs is 1. The lowest BCUT2D eigenvalue weighted by Gasteiger charge is -2.09. The predicted molar refractivity (Wildman–Crippen MR) is 93.7 cm³/mol. The van der Waals surface area contributed by atoms with Crippen LogP contribution in [0.3, 0.4) is 0 Å². The Hall–Kier alpha value is -2.63. The van der Waals surface area contributed by atoms with Crippen LogP contribution in [0.25, 0.3) is 11.0 Å². The van der Waals surface area contributed by atoms with Gasteiger partial charge < -0.3 is 14.3 Å². The molecule has 128 valence electrons. The molecule has 0 saturated carbocycles. The second-order valence-electron chi connectivity index (χ2n) is 5.62. The van der Waals surface area contributed by atoms with Gasteiger partial charge in [0.25, 0.3) is 0 Å². The molecule has 6 heteroatoms. The van der Waals surface area contributed by atoms with Crippen LogP contribution >= 0.6 is 11.6 Å². The minimum atomic E-state index is -0.524. The number of esters is 1. The fourth-order valence-electron chi connectivity index (χ4n) is 2.44. The first-order valence-corrected chi connectivity index (χ1v) is 7.95. The van der Waals surface area contributed by atoms with Crippen molar-refractivity contribution >= 4 is 28.5 Å². The fourth-order valence-corrected chi connectivity index (χ4v) is 2.60. The number of aliphatic hydroxyl groups excluding tert-OH is 1. The molecule has 0 saturated heterocycles. The normalized spacial score (nSPS) is 10.8. The molecular weight excluding hydrogens is 344 g/mol. The van der Waals surface area contributed by atoms with E-state index in [4.69, 9.17) is 25.9 Å². The van der Waals surface area contributed by atoms with E-state index in [-0.39, 0.29) is 13.2 Å². The summed E-state index contributed by atoms with van der Waals surface area (Å²) in [6.07, 6.45) is 0. The molecule has 0 aliphatic rings. The fraction of sp³-hybridized carbons (Fsp3) is 0.158. The first-order valence-electron chi connectivity index (χ1n) is 7.58. The van der Waals surface area contributed by atoms with Gasteiger partial charge in [-0.3, -0.25) is 0 Å². The Balaban J connectivity index is 1.86. The number of hydrogen-bond donors (Lipinski definition) is 1. The molecule has 1 aromatic heterocycles. The van der Waals surface area contributed by atoms with Gasteiger partial charge in [-0.2, -0.15) is 0 Å². The summed E-state index contributed by atoms with van der Waals surface area (Å²) in [5, 5.41) is 10.2. The average Bonchev–Trinajstić information content (AvgIpc) is 2.61. The second-order valence-corrected chi connectivity index (χ2v) is 6.03. The van der Waals surface area contributed by atoms with Gasteiger partial charge in [0, 0.05) is 22.0 Å². The second kappa shape index (κ2) is 7.09. The molecule has 0 atom stereocenters. The number of benzene rings is 2. The standard InChI is InChI=1S/C19H15ClO5/c1-11-6-17-15(8-16(11)20)14(7-18(22)25-17)10-24-19(23)13-4-2-12(9-21)3-5-13/h2-8,21H,9-10H2,1H3. The highest BCUT2D eigenvalue weighted by molar-refractivity contribution is 6.32. The van der Waals surface area contributed by atoms with Gasteiger partial charge in [-0.05, 0) is 42.3 Å². The monoisotopic (exact) mass is 358 g/mol. The van der Waals surface area contributed by atoms with E-state index in [0.717, 1.165) is 5.56 Å². The van der Waals surface area contributed by atoms with Gasteiger partial charge in [-0.1, -0.05) is 23.7 Å². The van der Waals surface area contributed by atoms with Crippen LogP contribution in [0, 0.1) is 6.92 Å². The third-order valence-electron chi connectivity index (χ3n) is 3.84. The maximum atomic E-state index is 12.1. The van der Waals surface area contributed by atoms with Crippen LogP contribution in [-0.4, -0.2) is 11.1 Å². The maximum Gasteiger partial charge on any atom is 0.338 e. The van der Waals surface area contributed by atoms with E-state index in [9.17, 15) is 9.59 Å². The van der Waals surface area contributed by atoms with Gasteiger partial charge in [0.2, 0.25) is 0 Å². The van der Waals surface area contributed by atoms with E-state index in [1.807, 2.05) is 6.92 Å². The van der Waals surface area contributed by atoms with Gasteiger partial charge in [-0.15, -0.1) is 0 Å². The predicted octanol–water partition coefficient (Wildman–Crippen LogP) is 3.60. The SMILES string of the molecule is Cc1cc2oc(=O)cc(COC(=O)c3ccc(CO)cc3)c2cc1Cl. The first-order chi connectivity index (χ1) is 12.0. The highest BCUT2D eigenvalue weighted by Crippen LogP contribution is 2.25. The zero-order valence-electron chi connectivity index (χ0n) is 13.4. The number of carbonyl (C=O) groups is 1. The molecule has 0 amide bonds. The summed E-state index contributed by atoms with van der Waals surface area (Å²) >= 11 is 6.14. The number of halogens is 1. The Morgan fingerprint density at radius 2 is 1.92 bits per heavy atom. The van der Waals surface area contributed by atoms with Crippen LogP contribution < -0.4 is 5.63 Å². The third kappa shape index (κ3) is 3.73. The highest BCUT2D eigenvalue weighted by Gasteiger charge is 2.12. The minimum absolute atomic E-state index is 0.0813. The van der Waals surface area contributed by atoms with E-state index in [1.54, 1.807) is 36.4 Å². The largest absolute Gasteiger partial charge is 0.457 e. The molecule has 1 N–H and O–H groups in total. The van der Waals surface area contributed by atoms with Crippen LogP contribution in [0.15, 0.2) is 51.7 Å². The van der Waals surface area contributed by atoms with Crippen LogP contribution in [0.4, 0.5) is 0 Å². The van der Waals surface area contributed by atoms with E-state index in [0.29, 0.717) is 32.7 Å². The lowest BCUT2D eigenvalue weighted by Crippen LogP contribution is -2.08. The zero-order chi connectivity index (χ0) is 18.0. The summed E-state index contributed by atoms with van der Waals surface area (Å²) in [6, 6.07) is 11.1. The van der Waals surface area contributed by atoms with Crippen molar-refractivity contribution < 1.29 is 19.1 Å². The summed E-state index contributed by atoms with van der Waals surface area (Å²) in [7, 11) is 0. The van der Waals surface area contributed by atoms with Crippen molar-refractivity contribution in [2.75, 3.05) is 0 Å². The molecule has 25 heavy (non-hydrogen) atoms. The lowest BCUT2D eigenvalue weighted by atomic mass is 10.1. The number of hydrogen-bond acceptors (Lipinski definition) is 5. The van der Waals surface area contributed by atoms with Crippen molar-refractivity contribution in [3.05, 3.63) is 80.2 Å². The molecule has 0 aliphatic heterocycles. The minimum Gasteiger partial charge on any atom is -0.457 e. The summed E-state index contributed by atoms with van der Waals surface area (Å²) in [5.41, 5.74) is 2.25. The molecular formula is C19H15ClO5. The van der Waals surface area contributed by atoms with Crippen LogP contribution in [0.1, 0.15) is 27.0 Å². The summed E-state index contributed by atoms with van der Waals surface area (Å²) in [5.74, 6) is -0.524. The van der Waals surface area contributed by atoms with Crippen molar-refractivity contribution in [3.8, 4) is 0 Å². The van der Waals surface area contributed by atoms with E-state index >= 15 is 0 Å². The third-order valence-corrected chi connectivity index (χ3v) is 4.25. The lowest BCUT2D eigenvalue weighted by molar-refractivity contribution is 0.0473. The number of carbonyl (C=O) groups excluding carboxylic acids is 1. The van der Waals surface area contributed by atoms with Crippen molar-refractivity contribution in [2.24, 2.45) is 0 Å². The van der Waals surface area contributed by atoms with Crippen molar-refractivity contribution in [1.29, 1.82) is 0 Å². The summed E-state index contributed by atoms with van der Waals surface area (Å²) in [4.78, 5) is 23.9. The highest BCUT2D eigenvalue weighted by atomic mass is 35.5. The van der Waals surface area contributed by atoms with E-state index < -0.39 is 11.6 Å². The van der Waals surface area contributed by atoms with Crippen molar-refractivity contribution in [2.45, 2.75) is 20.1 Å². The van der Waals surface area contributed by atoms with Gasteiger partial charge in [-0.25, -0.2) is 9.59 Å². The maximum absolute atomic E-state index is 12.1. The molecule has 0 spiro atoms. The smallest absolute Gasteiger partial charge is 0.338 e. The summed E-state index contributed by atoms with van der Waals surface area (Å²) in [6.45, 7) is 1.63. The number of aryl methyl sites for hydroxylation is 1. The molecule has 1 heterocycles. The Kier molecular flexibility index (Phi) is 4.88. The topological polar surface area (TPSA) is 76.7 Å². The van der Waals surface area contributed by atoms with E-state index in [2.05, 4.69) is 0 Å². The van der Waals surface area contributed by atoms with E-state index in [1.165, 1.54) is 6.07 Å². The van der Waals surface area contributed by atoms with Crippen LogP contribution in [-0.2, 0) is 18.0 Å². The van der Waals surface area contributed by atoms with Gasteiger partial charge >= 0.3 is 11.6 Å². The van der Waals surface area contributed by atoms with Crippen molar-refractivity contribution in [1.82, 2.24) is 0 Å². The zero-order valence-corrected chi connectivity index (χ0v) is 14.2. The molecule has 0 fully saturated rings. The Morgan fingerprint density at radius 1 is 1.20 bits per heavy atom. The van der Waals surface area contributed by atoms with Gasteiger partial charge in [0.1, 0.15) is 12.2 Å². The molecule has 0 bridgehead atoms. The number of aliphatic hydroxyl groups is 1. The average molecular weight is 359 g/mol. The number of ether oxygens (including phenoxy) is 1. The molecule has 5 nitrogen and oxygen atoms in total. The van der Waals surface area contributed by atoms with Gasteiger partial charge in [0.15, 0.2) is 0 Å². The molecule has 3 aromatic rings. The van der Waals surface area contributed by atoms with Crippen LogP contribution in [0.5, 0.6) is 0 Å². The number of rotatable bonds is 4. The Morgan fingerprint density at radius 3 is 2.60 bits per heavy atom. The molecule has 2 aromatic carbocycles. The van der Waals surface area contributed by atoms with Gasteiger partial charge in [0.05, 0.1) is 12.2 Å². The molecule has 0 aliphatic carbocycles. The first kappa shape index (κ1) is 17.2.